The first-order valence-corrected chi connectivity index (χ1v) is 6.20. The third kappa shape index (κ3) is 14.0. The van der Waals surface area contributed by atoms with Crippen molar-refractivity contribution in [3.63, 3.8) is 0 Å². The van der Waals surface area contributed by atoms with Crippen LogP contribution in [0.5, 0.6) is 0 Å². The van der Waals surface area contributed by atoms with Crippen LogP contribution in [0.3, 0.4) is 0 Å². The Bertz CT molecular complexity index is 170. The lowest BCUT2D eigenvalue weighted by Crippen LogP contribution is -2.31. The molecule has 0 radical (unpaired) electrons. The van der Waals surface area contributed by atoms with E-state index in [1.54, 1.807) is 0 Å². The zero-order valence-corrected chi connectivity index (χ0v) is 13.3. The van der Waals surface area contributed by atoms with Gasteiger partial charge < -0.3 is 11.1 Å². The van der Waals surface area contributed by atoms with Crippen LogP contribution < -0.4 is 11.1 Å². The van der Waals surface area contributed by atoms with E-state index in [1.807, 2.05) is 6.92 Å². The SMILES string of the molecule is CCNC(N)=NCCCCCCC(C)C.I. The molecule has 98 valence electrons. The highest BCUT2D eigenvalue weighted by Gasteiger charge is 1.94. The van der Waals surface area contributed by atoms with Gasteiger partial charge in [0.1, 0.15) is 0 Å². The second-order valence-corrected chi connectivity index (χ2v) is 4.39. The summed E-state index contributed by atoms with van der Waals surface area (Å²) >= 11 is 0. The average molecular weight is 341 g/mol. The minimum absolute atomic E-state index is 0. The van der Waals surface area contributed by atoms with E-state index >= 15 is 0 Å². The van der Waals surface area contributed by atoms with Crippen molar-refractivity contribution in [1.29, 1.82) is 0 Å². The van der Waals surface area contributed by atoms with Crippen LogP contribution in [0.2, 0.25) is 0 Å². The van der Waals surface area contributed by atoms with Gasteiger partial charge in [-0.1, -0.05) is 39.5 Å². The molecule has 0 saturated heterocycles. The van der Waals surface area contributed by atoms with Gasteiger partial charge in [0.05, 0.1) is 0 Å². The van der Waals surface area contributed by atoms with Crippen molar-refractivity contribution in [3.05, 3.63) is 0 Å². The van der Waals surface area contributed by atoms with Gasteiger partial charge in [-0.3, -0.25) is 4.99 Å². The van der Waals surface area contributed by atoms with Gasteiger partial charge in [0, 0.05) is 13.1 Å². The number of hydrogen-bond acceptors (Lipinski definition) is 1. The summed E-state index contributed by atoms with van der Waals surface area (Å²) in [5, 5.41) is 2.99. The molecule has 0 aromatic carbocycles. The lowest BCUT2D eigenvalue weighted by molar-refractivity contribution is 0.521. The van der Waals surface area contributed by atoms with Crippen LogP contribution in [0.1, 0.15) is 52.9 Å². The van der Waals surface area contributed by atoms with Gasteiger partial charge in [0.15, 0.2) is 5.96 Å². The van der Waals surface area contributed by atoms with Crippen LogP contribution >= 0.6 is 24.0 Å². The molecule has 0 amide bonds. The van der Waals surface area contributed by atoms with Crippen molar-refractivity contribution in [1.82, 2.24) is 5.32 Å². The first-order valence-electron chi connectivity index (χ1n) is 6.20. The summed E-state index contributed by atoms with van der Waals surface area (Å²) in [5.41, 5.74) is 5.60. The molecule has 0 aromatic heterocycles. The van der Waals surface area contributed by atoms with Crippen LogP contribution in [0.15, 0.2) is 4.99 Å². The highest BCUT2D eigenvalue weighted by atomic mass is 127. The zero-order chi connectivity index (χ0) is 11.5. The van der Waals surface area contributed by atoms with Crippen molar-refractivity contribution in [2.24, 2.45) is 16.6 Å². The van der Waals surface area contributed by atoms with Gasteiger partial charge in [-0.2, -0.15) is 0 Å². The maximum absolute atomic E-state index is 5.60. The Morgan fingerprint density at radius 3 is 2.38 bits per heavy atom. The number of rotatable bonds is 8. The second-order valence-electron chi connectivity index (χ2n) is 4.39. The Labute approximate surface area is 118 Å². The molecule has 3 N–H and O–H groups in total. The standard InChI is InChI=1S/C12H27N3.HI/c1-4-14-12(13)15-10-8-6-5-7-9-11(2)3;/h11H,4-10H2,1-3H3,(H3,13,14,15);1H. The fraction of sp³-hybridized carbons (Fsp3) is 0.917. The average Bonchev–Trinajstić information content (AvgIpc) is 2.16. The molecule has 0 saturated carbocycles. The van der Waals surface area contributed by atoms with Crippen LogP contribution in [0.4, 0.5) is 0 Å². The summed E-state index contributed by atoms with van der Waals surface area (Å²) in [6.07, 6.45) is 6.46. The number of unbranched alkanes of at least 4 members (excludes halogenated alkanes) is 3. The summed E-state index contributed by atoms with van der Waals surface area (Å²) in [6.45, 7) is 8.29. The lowest BCUT2D eigenvalue weighted by atomic mass is 10.0. The molecule has 0 unspecified atom stereocenters. The first kappa shape index (κ1) is 18.4. The van der Waals surface area contributed by atoms with E-state index in [0.29, 0.717) is 5.96 Å². The molecule has 4 heteroatoms. The molecule has 0 heterocycles. The topological polar surface area (TPSA) is 50.4 Å². The van der Waals surface area contributed by atoms with Gasteiger partial charge in [-0.15, -0.1) is 24.0 Å². The quantitative estimate of drug-likeness (QED) is 0.308. The number of nitrogens with zero attached hydrogens (tertiary/aromatic N) is 1. The van der Waals surface area contributed by atoms with Gasteiger partial charge in [0.2, 0.25) is 0 Å². The van der Waals surface area contributed by atoms with Gasteiger partial charge in [-0.05, 0) is 19.3 Å². The molecule has 0 fully saturated rings. The maximum Gasteiger partial charge on any atom is 0.188 e. The van der Waals surface area contributed by atoms with Gasteiger partial charge in [0.25, 0.3) is 0 Å². The van der Waals surface area contributed by atoms with E-state index in [2.05, 4.69) is 24.2 Å². The number of nitrogens with two attached hydrogens (primary N) is 1. The van der Waals surface area contributed by atoms with Gasteiger partial charge in [-0.25, -0.2) is 0 Å². The third-order valence-corrected chi connectivity index (χ3v) is 2.33. The summed E-state index contributed by atoms with van der Waals surface area (Å²) in [4.78, 5) is 4.23. The highest BCUT2D eigenvalue weighted by molar-refractivity contribution is 14.0. The number of nitrogens with one attached hydrogen (secondary N) is 1. The molecule has 0 atom stereocenters. The molecule has 0 aromatic rings. The zero-order valence-electron chi connectivity index (χ0n) is 11.0. The van der Waals surface area contributed by atoms with Crippen LogP contribution in [-0.2, 0) is 0 Å². The molecule has 0 rings (SSSR count). The maximum atomic E-state index is 5.60. The van der Waals surface area contributed by atoms with E-state index < -0.39 is 0 Å². The van der Waals surface area contributed by atoms with Crippen LogP contribution in [0, 0.1) is 5.92 Å². The van der Waals surface area contributed by atoms with Crippen molar-refractivity contribution in [3.8, 4) is 0 Å². The van der Waals surface area contributed by atoms with Crippen molar-refractivity contribution < 1.29 is 0 Å². The molecule has 0 bridgehead atoms. The molecular weight excluding hydrogens is 313 g/mol. The molecule has 16 heavy (non-hydrogen) atoms. The molecule has 0 aliphatic rings. The Kier molecular flexibility index (Phi) is 15.0. The monoisotopic (exact) mass is 341 g/mol. The summed E-state index contributed by atoms with van der Waals surface area (Å²) in [6, 6.07) is 0. The van der Waals surface area contributed by atoms with Gasteiger partial charge >= 0.3 is 0 Å². The summed E-state index contributed by atoms with van der Waals surface area (Å²) in [7, 11) is 0. The van der Waals surface area contributed by atoms with Crippen molar-refractivity contribution >= 4 is 29.9 Å². The van der Waals surface area contributed by atoms with E-state index in [9.17, 15) is 0 Å². The highest BCUT2D eigenvalue weighted by Crippen LogP contribution is 2.09. The second kappa shape index (κ2) is 13.1. The van der Waals surface area contributed by atoms with Crippen molar-refractivity contribution in [2.75, 3.05) is 13.1 Å². The predicted octanol–water partition coefficient (Wildman–Crippen LogP) is 3.14. The molecule has 0 aliphatic heterocycles. The van der Waals surface area contributed by atoms with E-state index in [1.165, 1.54) is 25.7 Å². The molecule has 0 aliphatic carbocycles. The van der Waals surface area contributed by atoms with Crippen LogP contribution in [-0.4, -0.2) is 19.0 Å². The number of halogens is 1. The smallest absolute Gasteiger partial charge is 0.188 e. The number of hydrogen-bond donors (Lipinski definition) is 2. The summed E-state index contributed by atoms with van der Waals surface area (Å²) in [5.74, 6) is 1.42. The van der Waals surface area contributed by atoms with E-state index in [4.69, 9.17) is 5.73 Å². The molecule has 0 spiro atoms. The summed E-state index contributed by atoms with van der Waals surface area (Å²) < 4.78 is 0. The van der Waals surface area contributed by atoms with Crippen LogP contribution in [0.25, 0.3) is 0 Å². The Morgan fingerprint density at radius 2 is 1.81 bits per heavy atom. The fourth-order valence-corrected chi connectivity index (χ4v) is 1.45. The lowest BCUT2D eigenvalue weighted by Gasteiger charge is -2.04. The van der Waals surface area contributed by atoms with Crippen molar-refractivity contribution in [2.45, 2.75) is 52.9 Å². The third-order valence-electron chi connectivity index (χ3n) is 2.33. The Balaban J connectivity index is 0. The van der Waals surface area contributed by atoms with E-state index in [-0.39, 0.29) is 24.0 Å². The number of aliphatic imine (C=N–C) groups is 1. The fourth-order valence-electron chi connectivity index (χ4n) is 1.45. The van der Waals surface area contributed by atoms with E-state index in [0.717, 1.165) is 25.4 Å². The molecule has 3 nitrogen and oxygen atoms in total. The Hall–Kier alpha value is 0. The predicted molar refractivity (Wildman–Crippen MR) is 83.5 cm³/mol. The Morgan fingerprint density at radius 1 is 1.19 bits per heavy atom. The molecular formula is C12H28IN3. The largest absolute Gasteiger partial charge is 0.370 e. The number of guanidine groups is 1. The minimum Gasteiger partial charge on any atom is -0.370 e. The minimum atomic E-state index is 0. The normalized spacial score (nSPS) is 11.4. The first-order chi connectivity index (χ1) is 7.16.